The number of imidazole rings is 1. The number of rotatable bonds is 7. The highest BCUT2D eigenvalue weighted by molar-refractivity contribution is 5.97. The second-order valence-electron chi connectivity index (χ2n) is 14.3. The average molecular weight is 639 g/mol. The Bertz CT molecular complexity index is 1930. The molecule has 3 N–H and O–H groups in total. The fraction of sp³-hybridized carbons (Fsp3) is 0.543. The molecule has 2 bridgehead atoms. The molecule has 8 heterocycles. The monoisotopic (exact) mass is 638 g/mol. The molecular weight excluding hydrogens is 596 g/mol. The van der Waals surface area contributed by atoms with Gasteiger partial charge in [-0.1, -0.05) is 0 Å². The molecule has 0 unspecified atom stereocenters. The summed E-state index contributed by atoms with van der Waals surface area (Å²) < 4.78 is 15.8. The van der Waals surface area contributed by atoms with Crippen LogP contribution in [0.4, 0.5) is 4.79 Å². The molecule has 1 aliphatic carbocycles. The summed E-state index contributed by atoms with van der Waals surface area (Å²) in [5.41, 5.74) is 12.1. The molecule has 3 amide bonds. The molecule has 4 aromatic heterocycles. The SMILES string of the molecule is COc1cc(C(=O)N2[C@H]3CC[C@@H]2[C@H](N)C3)cc2nc(-c3cc4ccc([C@@H](C)NC(=O)N5C[C@H]6OCC[C@H]65)nc4n3CC3CC3)c(C)n12. The van der Waals surface area contributed by atoms with E-state index in [1.54, 1.807) is 7.11 Å². The zero-order chi connectivity index (χ0) is 32.1. The Morgan fingerprint density at radius 3 is 2.68 bits per heavy atom. The molecule has 9 rings (SSSR count). The van der Waals surface area contributed by atoms with Crippen LogP contribution in [-0.2, 0) is 11.3 Å². The Morgan fingerprint density at radius 2 is 1.96 bits per heavy atom. The summed E-state index contributed by atoms with van der Waals surface area (Å²) in [6.45, 7) is 6.25. The van der Waals surface area contributed by atoms with Crippen molar-refractivity contribution in [1.82, 2.24) is 34.1 Å². The van der Waals surface area contributed by atoms with Gasteiger partial charge >= 0.3 is 6.03 Å². The predicted molar refractivity (Wildman–Crippen MR) is 175 cm³/mol. The van der Waals surface area contributed by atoms with Crippen molar-refractivity contribution in [3.05, 3.63) is 47.3 Å². The van der Waals surface area contributed by atoms with Gasteiger partial charge in [-0.2, -0.15) is 0 Å². The number of carbonyl (C=O) groups is 2. The number of carbonyl (C=O) groups excluding carboxylic acids is 2. The third-order valence-electron chi connectivity index (χ3n) is 11.3. The predicted octanol–water partition coefficient (Wildman–Crippen LogP) is 4.03. The van der Waals surface area contributed by atoms with Gasteiger partial charge in [-0.25, -0.2) is 14.8 Å². The van der Waals surface area contributed by atoms with Gasteiger partial charge in [0, 0.05) is 48.3 Å². The number of aryl methyl sites for hydroxylation is 1. The van der Waals surface area contributed by atoms with Crippen LogP contribution < -0.4 is 15.8 Å². The highest BCUT2D eigenvalue weighted by Crippen LogP contribution is 2.40. The summed E-state index contributed by atoms with van der Waals surface area (Å²) in [4.78, 5) is 41.0. The van der Waals surface area contributed by atoms with Crippen molar-refractivity contribution in [2.45, 2.75) is 95.2 Å². The maximum atomic E-state index is 13.8. The summed E-state index contributed by atoms with van der Waals surface area (Å²) in [6, 6.07) is 10.2. The van der Waals surface area contributed by atoms with E-state index in [2.05, 4.69) is 22.0 Å². The molecule has 0 aromatic carbocycles. The largest absolute Gasteiger partial charge is 0.482 e. The molecule has 0 spiro atoms. The lowest BCUT2D eigenvalue weighted by molar-refractivity contribution is -0.0153. The Balaban J connectivity index is 1.06. The van der Waals surface area contributed by atoms with Crippen LogP contribution in [-0.4, -0.2) is 91.2 Å². The summed E-state index contributed by atoms with van der Waals surface area (Å²) >= 11 is 0. The Hall–Kier alpha value is -4.16. The molecular formula is C35H42N8O4. The Kier molecular flexibility index (Phi) is 6.59. The standard InChI is InChI=1S/C35H42N8O4/c1-18(37-35(45)41-17-29-27(41)10-11-47-29)25-8-6-21-12-28(40(33(21)38-25)16-20-4-5-20)32-19(2)42-30(39-32)13-22(14-31(42)46-3)34(44)43-23-7-9-26(43)24(36)15-23/h6,8,12-14,18,20,23-24,26-27,29H,4-5,7,9-11,15-17,36H2,1-3H3,(H,37,45)/t18-,23+,24-,26-,27-,29-/m1/s1. The zero-order valence-electron chi connectivity index (χ0n) is 27.2. The first-order valence-electron chi connectivity index (χ1n) is 17.1. The molecule has 1 saturated carbocycles. The molecule has 4 saturated heterocycles. The number of nitrogens with zero attached hydrogens (tertiary/aromatic N) is 6. The quantitative estimate of drug-likeness (QED) is 0.313. The molecule has 4 aromatic rings. The maximum absolute atomic E-state index is 13.8. The fourth-order valence-electron chi connectivity index (χ4n) is 8.55. The molecule has 246 valence electrons. The molecule has 5 aliphatic rings. The number of hydrogen-bond acceptors (Lipinski definition) is 7. The van der Waals surface area contributed by atoms with E-state index in [-0.39, 0.29) is 48.3 Å². The van der Waals surface area contributed by atoms with Gasteiger partial charge in [-0.15, -0.1) is 0 Å². The van der Waals surface area contributed by atoms with E-state index in [4.69, 9.17) is 25.2 Å². The first kappa shape index (κ1) is 29.0. The van der Waals surface area contributed by atoms with Crippen LogP contribution in [0.3, 0.4) is 0 Å². The number of hydrogen-bond donors (Lipinski definition) is 2. The number of fused-ring (bicyclic) bond motifs is 5. The minimum absolute atomic E-state index is 0.000239. The molecule has 4 aliphatic heterocycles. The topological polar surface area (TPSA) is 132 Å². The number of pyridine rings is 2. The van der Waals surface area contributed by atoms with Crippen LogP contribution >= 0.6 is 0 Å². The summed E-state index contributed by atoms with van der Waals surface area (Å²) in [7, 11) is 1.63. The van der Waals surface area contributed by atoms with E-state index >= 15 is 0 Å². The lowest BCUT2D eigenvalue weighted by Gasteiger charge is -2.43. The molecule has 12 heteroatoms. The Morgan fingerprint density at radius 1 is 1.11 bits per heavy atom. The minimum Gasteiger partial charge on any atom is -0.482 e. The molecule has 0 radical (unpaired) electrons. The van der Waals surface area contributed by atoms with Crippen molar-refractivity contribution < 1.29 is 19.1 Å². The second kappa shape index (κ2) is 10.7. The van der Waals surface area contributed by atoms with Crippen LogP contribution in [0.15, 0.2) is 30.3 Å². The maximum Gasteiger partial charge on any atom is 0.318 e. The van der Waals surface area contributed by atoms with Crippen molar-refractivity contribution in [1.29, 1.82) is 0 Å². The molecule has 47 heavy (non-hydrogen) atoms. The number of ether oxygens (including phenoxy) is 2. The number of urea groups is 1. The van der Waals surface area contributed by atoms with Crippen molar-refractivity contribution in [2.75, 3.05) is 20.3 Å². The van der Waals surface area contributed by atoms with Crippen LogP contribution in [0.25, 0.3) is 28.1 Å². The number of amides is 3. The zero-order valence-corrected chi connectivity index (χ0v) is 27.2. The third-order valence-corrected chi connectivity index (χ3v) is 11.3. The number of aromatic nitrogens is 4. The van der Waals surface area contributed by atoms with Crippen molar-refractivity contribution in [3.63, 3.8) is 0 Å². The van der Waals surface area contributed by atoms with Gasteiger partial charge in [-0.05, 0) is 82.6 Å². The van der Waals surface area contributed by atoms with E-state index in [0.717, 1.165) is 72.6 Å². The van der Waals surface area contributed by atoms with E-state index in [0.29, 0.717) is 29.6 Å². The second-order valence-corrected chi connectivity index (χ2v) is 14.3. The van der Waals surface area contributed by atoms with Crippen molar-refractivity contribution in [2.24, 2.45) is 11.7 Å². The van der Waals surface area contributed by atoms with Crippen molar-refractivity contribution in [3.8, 4) is 17.3 Å². The lowest BCUT2D eigenvalue weighted by atomic mass is 9.97. The van der Waals surface area contributed by atoms with Gasteiger partial charge in [-0.3, -0.25) is 9.20 Å². The molecule has 12 nitrogen and oxygen atoms in total. The van der Waals surface area contributed by atoms with E-state index in [9.17, 15) is 9.59 Å². The first-order valence-corrected chi connectivity index (χ1v) is 17.1. The van der Waals surface area contributed by atoms with Gasteiger partial charge in [0.15, 0.2) is 5.88 Å². The lowest BCUT2D eigenvalue weighted by Crippen LogP contribution is -2.62. The van der Waals surface area contributed by atoms with Crippen LogP contribution in [0, 0.1) is 12.8 Å². The number of nitrogens with two attached hydrogens (primary N) is 1. The molecule has 6 atom stereocenters. The van der Waals surface area contributed by atoms with Gasteiger partial charge in [0.1, 0.15) is 17.0 Å². The summed E-state index contributed by atoms with van der Waals surface area (Å²) in [6.07, 6.45) is 6.31. The minimum atomic E-state index is -0.251. The van der Waals surface area contributed by atoms with Crippen molar-refractivity contribution >= 4 is 28.6 Å². The molecule has 5 fully saturated rings. The van der Waals surface area contributed by atoms with Gasteiger partial charge < -0.3 is 34.9 Å². The van der Waals surface area contributed by atoms with Gasteiger partial charge in [0.25, 0.3) is 5.91 Å². The number of likely N-dealkylation sites (tertiary alicyclic amines) is 1. The van der Waals surface area contributed by atoms with Crippen LogP contribution in [0.5, 0.6) is 5.88 Å². The average Bonchev–Trinajstić information content (AvgIpc) is 3.30. The highest BCUT2D eigenvalue weighted by Gasteiger charge is 2.48. The first-order chi connectivity index (χ1) is 22.8. The van der Waals surface area contributed by atoms with Gasteiger partial charge in [0.2, 0.25) is 0 Å². The van der Waals surface area contributed by atoms with Gasteiger partial charge in [0.05, 0.1) is 48.9 Å². The smallest absolute Gasteiger partial charge is 0.318 e. The highest BCUT2D eigenvalue weighted by atomic mass is 16.5. The summed E-state index contributed by atoms with van der Waals surface area (Å²) in [5.74, 6) is 1.17. The van der Waals surface area contributed by atoms with E-state index < -0.39 is 0 Å². The Labute approximate surface area is 273 Å². The normalized spacial score (nSPS) is 27.0. The summed E-state index contributed by atoms with van der Waals surface area (Å²) in [5, 5.41) is 4.19. The third kappa shape index (κ3) is 4.55. The van der Waals surface area contributed by atoms with Crippen LogP contribution in [0.2, 0.25) is 0 Å². The number of methoxy groups -OCH3 is 1. The number of nitrogens with one attached hydrogen (secondary N) is 1. The van der Waals surface area contributed by atoms with E-state index in [1.807, 2.05) is 46.2 Å². The van der Waals surface area contributed by atoms with Crippen LogP contribution in [0.1, 0.15) is 73.2 Å². The van der Waals surface area contributed by atoms with E-state index in [1.165, 1.54) is 12.8 Å². The fourth-order valence-corrected chi connectivity index (χ4v) is 8.55.